The highest BCUT2D eigenvalue weighted by molar-refractivity contribution is 6.33. The lowest BCUT2D eigenvalue weighted by Crippen LogP contribution is -2.21. The molecule has 1 N–H and O–H groups in total. The molecule has 0 saturated carbocycles. The first-order valence-corrected chi connectivity index (χ1v) is 7.57. The number of hydrogen-bond donors (Lipinski definition) is 1. The molecule has 2 rings (SSSR count). The van der Waals surface area contributed by atoms with Gasteiger partial charge in [-0.1, -0.05) is 11.6 Å². The second-order valence-electron chi connectivity index (χ2n) is 4.94. The van der Waals surface area contributed by atoms with E-state index in [0.717, 1.165) is 0 Å². The van der Waals surface area contributed by atoms with E-state index < -0.39 is 35.7 Å². The Morgan fingerprint density at radius 3 is 2.42 bits per heavy atom. The van der Waals surface area contributed by atoms with Crippen molar-refractivity contribution in [2.75, 3.05) is 26.1 Å². The number of anilines is 1. The molecule has 0 unspecified atom stereocenters. The van der Waals surface area contributed by atoms with Crippen LogP contribution in [0.1, 0.15) is 10.4 Å². The first-order valence-electron chi connectivity index (χ1n) is 7.19. The molecule has 0 aliphatic heterocycles. The minimum atomic E-state index is -1.26. The first-order chi connectivity index (χ1) is 12.3. The van der Waals surface area contributed by atoms with Gasteiger partial charge >= 0.3 is 5.97 Å². The number of benzene rings is 2. The van der Waals surface area contributed by atoms with Gasteiger partial charge in [-0.05, 0) is 24.3 Å². The average molecular weight is 386 g/mol. The van der Waals surface area contributed by atoms with Crippen LogP contribution in [-0.4, -0.2) is 32.7 Å². The third-order valence-electron chi connectivity index (χ3n) is 3.24. The van der Waals surface area contributed by atoms with Crippen LogP contribution >= 0.6 is 11.6 Å². The van der Waals surface area contributed by atoms with Crippen LogP contribution in [-0.2, 0) is 9.53 Å². The maximum atomic E-state index is 13.2. The summed E-state index contributed by atoms with van der Waals surface area (Å²) in [4.78, 5) is 23.9. The normalized spacial score (nSPS) is 10.2. The molecule has 2 aromatic carbocycles. The lowest BCUT2D eigenvalue weighted by Gasteiger charge is -2.12. The molecule has 9 heteroatoms. The van der Waals surface area contributed by atoms with Crippen molar-refractivity contribution in [3.05, 3.63) is 52.6 Å². The van der Waals surface area contributed by atoms with Gasteiger partial charge in [0.2, 0.25) is 0 Å². The van der Waals surface area contributed by atoms with Crippen LogP contribution in [0.15, 0.2) is 30.3 Å². The number of ether oxygens (including phenoxy) is 3. The van der Waals surface area contributed by atoms with Crippen molar-refractivity contribution >= 4 is 29.2 Å². The summed E-state index contributed by atoms with van der Waals surface area (Å²) < 4.78 is 41.2. The summed E-state index contributed by atoms with van der Waals surface area (Å²) in [6.07, 6.45) is 0. The average Bonchev–Trinajstić information content (AvgIpc) is 2.62. The zero-order chi connectivity index (χ0) is 19.3. The summed E-state index contributed by atoms with van der Waals surface area (Å²) in [5, 5.41) is 2.16. The van der Waals surface area contributed by atoms with Gasteiger partial charge in [-0.25, -0.2) is 13.6 Å². The van der Waals surface area contributed by atoms with Gasteiger partial charge in [-0.15, -0.1) is 0 Å². The minimum Gasteiger partial charge on any atom is -0.497 e. The maximum absolute atomic E-state index is 13.2. The standard InChI is InChI=1S/C17H14ClF2NO5/c1-24-9-3-4-15(25-2)14(5-9)21-16(22)8-26-17(23)10-6-12(19)13(20)7-11(10)18/h3-7H,8H2,1-2H3,(H,21,22). The molecular formula is C17H14ClF2NO5. The summed E-state index contributed by atoms with van der Waals surface area (Å²) in [6.45, 7) is -0.672. The van der Waals surface area contributed by atoms with Crippen molar-refractivity contribution in [3.8, 4) is 11.5 Å². The molecule has 2 aromatic rings. The van der Waals surface area contributed by atoms with E-state index in [1.165, 1.54) is 20.3 Å². The van der Waals surface area contributed by atoms with E-state index in [-0.39, 0.29) is 5.02 Å². The number of carbonyl (C=O) groups excluding carboxylic acids is 2. The molecule has 26 heavy (non-hydrogen) atoms. The Morgan fingerprint density at radius 1 is 1.08 bits per heavy atom. The highest BCUT2D eigenvalue weighted by atomic mass is 35.5. The summed E-state index contributed by atoms with van der Waals surface area (Å²) in [7, 11) is 2.88. The fourth-order valence-corrected chi connectivity index (χ4v) is 2.21. The van der Waals surface area contributed by atoms with Crippen molar-refractivity contribution < 1.29 is 32.6 Å². The Kier molecular flexibility index (Phi) is 6.35. The van der Waals surface area contributed by atoms with Gasteiger partial charge in [-0.3, -0.25) is 4.79 Å². The molecule has 6 nitrogen and oxygen atoms in total. The quantitative estimate of drug-likeness (QED) is 0.609. The lowest BCUT2D eigenvalue weighted by atomic mass is 10.2. The molecule has 0 aliphatic carbocycles. The summed E-state index contributed by atoms with van der Waals surface area (Å²) in [5.74, 6) is -3.35. The van der Waals surface area contributed by atoms with Gasteiger partial charge in [0, 0.05) is 6.07 Å². The SMILES string of the molecule is COc1ccc(OC)c(NC(=O)COC(=O)c2cc(F)c(F)cc2Cl)c1. The van der Waals surface area contributed by atoms with Gasteiger partial charge in [0.05, 0.1) is 30.5 Å². The van der Waals surface area contributed by atoms with E-state index in [1.54, 1.807) is 12.1 Å². The number of esters is 1. The van der Waals surface area contributed by atoms with Crippen molar-refractivity contribution in [2.45, 2.75) is 0 Å². The maximum Gasteiger partial charge on any atom is 0.340 e. The topological polar surface area (TPSA) is 73.9 Å². The molecule has 1 amide bonds. The predicted molar refractivity (Wildman–Crippen MR) is 89.8 cm³/mol. The molecule has 0 saturated heterocycles. The fourth-order valence-electron chi connectivity index (χ4n) is 1.99. The Balaban J connectivity index is 2.03. The zero-order valence-corrected chi connectivity index (χ0v) is 14.5. The molecule has 0 fully saturated rings. The number of amides is 1. The molecule has 0 spiro atoms. The van der Waals surface area contributed by atoms with Crippen molar-refractivity contribution in [1.82, 2.24) is 0 Å². The van der Waals surface area contributed by atoms with E-state index in [0.29, 0.717) is 29.3 Å². The molecule has 0 heterocycles. The molecule has 0 radical (unpaired) electrons. The minimum absolute atomic E-state index is 0.304. The molecule has 0 bridgehead atoms. The van der Waals surface area contributed by atoms with Gasteiger partial charge in [0.15, 0.2) is 18.2 Å². The van der Waals surface area contributed by atoms with Gasteiger partial charge in [-0.2, -0.15) is 0 Å². The number of hydrogen-bond acceptors (Lipinski definition) is 5. The number of halogens is 3. The fraction of sp³-hybridized carbons (Fsp3) is 0.176. The third kappa shape index (κ3) is 4.60. The summed E-state index contributed by atoms with van der Waals surface area (Å²) in [6, 6.07) is 5.99. The smallest absolute Gasteiger partial charge is 0.340 e. The number of carbonyl (C=O) groups is 2. The molecule has 138 valence electrons. The van der Waals surface area contributed by atoms with Crippen molar-refractivity contribution in [1.29, 1.82) is 0 Å². The van der Waals surface area contributed by atoms with Crippen LogP contribution in [0.25, 0.3) is 0 Å². The van der Waals surface area contributed by atoms with Crippen molar-refractivity contribution in [2.24, 2.45) is 0 Å². The largest absolute Gasteiger partial charge is 0.497 e. The summed E-state index contributed by atoms with van der Waals surface area (Å²) in [5.41, 5.74) is -0.0870. The van der Waals surface area contributed by atoms with Crippen LogP contribution in [0.2, 0.25) is 5.02 Å². The number of methoxy groups -OCH3 is 2. The van der Waals surface area contributed by atoms with Crippen LogP contribution in [0, 0.1) is 11.6 Å². The second-order valence-corrected chi connectivity index (χ2v) is 5.34. The summed E-state index contributed by atoms with van der Waals surface area (Å²) >= 11 is 5.68. The monoisotopic (exact) mass is 385 g/mol. The highest BCUT2D eigenvalue weighted by Gasteiger charge is 2.18. The molecular weight excluding hydrogens is 372 g/mol. The molecule has 0 aromatic heterocycles. The first kappa shape index (κ1) is 19.5. The molecule has 0 atom stereocenters. The van der Waals surface area contributed by atoms with E-state index >= 15 is 0 Å². The van der Waals surface area contributed by atoms with E-state index in [1.807, 2.05) is 0 Å². The lowest BCUT2D eigenvalue weighted by molar-refractivity contribution is -0.119. The van der Waals surface area contributed by atoms with Crippen LogP contribution in [0.5, 0.6) is 11.5 Å². The third-order valence-corrected chi connectivity index (χ3v) is 3.56. The number of nitrogens with one attached hydrogen (secondary N) is 1. The van der Waals surface area contributed by atoms with Gasteiger partial charge in [0.1, 0.15) is 11.5 Å². The number of rotatable bonds is 6. The van der Waals surface area contributed by atoms with E-state index in [4.69, 9.17) is 25.8 Å². The van der Waals surface area contributed by atoms with Crippen LogP contribution in [0.4, 0.5) is 14.5 Å². The Bertz CT molecular complexity index is 844. The molecule has 0 aliphatic rings. The Morgan fingerprint density at radius 2 is 1.77 bits per heavy atom. The van der Waals surface area contributed by atoms with Crippen LogP contribution < -0.4 is 14.8 Å². The van der Waals surface area contributed by atoms with Gasteiger partial charge in [0.25, 0.3) is 5.91 Å². The van der Waals surface area contributed by atoms with Crippen LogP contribution in [0.3, 0.4) is 0 Å². The van der Waals surface area contributed by atoms with Crippen molar-refractivity contribution in [3.63, 3.8) is 0 Å². The predicted octanol–water partition coefficient (Wildman–Crippen LogP) is 3.43. The van der Waals surface area contributed by atoms with E-state index in [9.17, 15) is 18.4 Å². The Hall–Kier alpha value is -2.87. The van der Waals surface area contributed by atoms with E-state index in [2.05, 4.69) is 5.32 Å². The van der Waals surface area contributed by atoms with Gasteiger partial charge < -0.3 is 19.5 Å². The second kappa shape index (κ2) is 8.48. The highest BCUT2D eigenvalue weighted by Crippen LogP contribution is 2.28. The Labute approximate surface area is 152 Å². The zero-order valence-electron chi connectivity index (χ0n) is 13.8.